The fourth-order valence-electron chi connectivity index (χ4n) is 0.300. The van der Waals surface area contributed by atoms with Gasteiger partial charge < -0.3 is 41.3 Å². The molecule has 0 aliphatic heterocycles. The molecule has 0 heterocycles. The molecule has 15 heavy (non-hydrogen) atoms. The van der Waals surface area contributed by atoms with Crippen LogP contribution < -0.4 is 11.0 Å². The van der Waals surface area contributed by atoms with Crippen LogP contribution in [-0.4, -0.2) is 56.6 Å². The van der Waals surface area contributed by atoms with Gasteiger partial charge in [-0.3, -0.25) is 4.57 Å². The van der Waals surface area contributed by atoms with Gasteiger partial charge in [0.2, 0.25) is 0 Å². The van der Waals surface area contributed by atoms with E-state index in [0.29, 0.717) is 0 Å². The molecule has 0 saturated carbocycles. The van der Waals surface area contributed by atoms with Crippen molar-refractivity contribution in [2.24, 2.45) is 5.41 Å². The van der Waals surface area contributed by atoms with E-state index in [2.05, 4.69) is 0 Å². The van der Waals surface area contributed by atoms with E-state index in [1.54, 1.807) is 0 Å². The van der Waals surface area contributed by atoms with Gasteiger partial charge in [0, 0.05) is 0 Å². The van der Waals surface area contributed by atoms with Crippen LogP contribution in [0.3, 0.4) is 0 Å². The molecule has 0 fully saturated rings. The standard InChI is InChI=1S/C5H12O4.H3N.H3O4P/c6-1-5(2-7,3-8)4-9;;1-5(2,3)4/h6-9H,1-4H2;1H3;(H3,1,2,3,4). The Hall–Kier alpha value is -0.0900. The van der Waals surface area contributed by atoms with E-state index in [1.165, 1.54) is 0 Å². The van der Waals surface area contributed by atoms with Gasteiger partial charge in [0.25, 0.3) is 7.82 Å². The highest BCUT2D eigenvalue weighted by Gasteiger charge is 2.26. The number of phosphoric acid groups is 1. The molecule has 0 amide bonds. The van der Waals surface area contributed by atoms with Crippen LogP contribution in [0.15, 0.2) is 0 Å². The van der Waals surface area contributed by atoms with Crippen molar-refractivity contribution in [2.75, 3.05) is 26.4 Å². The van der Waals surface area contributed by atoms with Crippen LogP contribution in [0.1, 0.15) is 0 Å². The second-order valence-corrected chi connectivity index (χ2v) is 3.60. The van der Waals surface area contributed by atoms with Gasteiger partial charge in [0.15, 0.2) is 0 Å². The Kier molecular flexibility index (Phi) is 12.4. The predicted octanol–water partition coefficient (Wildman–Crippen LogP) is -3.24. The van der Waals surface area contributed by atoms with Crippen molar-refractivity contribution < 1.29 is 39.7 Å². The van der Waals surface area contributed by atoms with Crippen LogP contribution in [0.2, 0.25) is 0 Å². The molecular weight excluding hydrogens is 233 g/mol. The van der Waals surface area contributed by atoms with Gasteiger partial charge in [0.1, 0.15) is 0 Å². The third-order valence-corrected chi connectivity index (χ3v) is 1.34. The Morgan fingerprint density at radius 2 is 1.07 bits per heavy atom. The van der Waals surface area contributed by atoms with Crippen molar-refractivity contribution in [3.63, 3.8) is 0 Å². The van der Waals surface area contributed by atoms with E-state index in [0.717, 1.165) is 0 Å². The van der Waals surface area contributed by atoms with Crippen molar-refractivity contribution >= 4 is 7.82 Å². The van der Waals surface area contributed by atoms with Crippen LogP contribution >= 0.6 is 7.82 Å². The molecular formula is C5H18NO8P. The molecule has 0 unspecified atom stereocenters. The third kappa shape index (κ3) is 13.9. The molecule has 0 aliphatic carbocycles. The van der Waals surface area contributed by atoms with Crippen molar-refractivity contribution in [3.8, 4) is 0 Å². The number of rotatable bonds is 4. The first-order valence-corrected chi connectivity index (χ1v) is 4.97. The normalized spacial score (nSPS) is 11.1. The molecule has 10 N–H and O–H groups in total. The minimum atomic E-state index is -4.89. The van der Waals surface area contributed by atoms with Crippen molar-refractivity contribution in [2.45, 2.75) is 0 Å². The Labute approximate surface area is 86.4 Å². The number of aliphatic hydroxyl groups excluding tert-OH is 4. The van der Waals surface area contributed by atoms with E-state index >= 15 is 0 Å². The van der Waals surface area contributed by atoms with Crippen LogP contribution in [0.5, 0.6) is 0 Å². The summed E-state index contributed by atoms with van der Waals surface area (Å²) in [6.07, 6.45) is 0. The summed E-state index contributed by atoms with van der Waals surface area (Å²) in [5.74, 6) is 0. The van der Waals surface area contributed by atoms with E-state index in [-0.39, 0.29) is 6.15 Å². The summed E-state index contributed by atoms with van der Waals surface area (Å²) in [5, 5.41) is 34.0. The van der Waals surface area contributed by atoms with E-state index in [1.807, 2.05) is 0 Å². The molecule has 0 spiro atoms. The first-order chi connectivity index (χ1) is 6.24. The van der Waals surface area contributed by atoms with Crippen LogP contribution in [0, 0.1) is 5.41 Å². The SMILES string of the molecule is O=P([O-])(O)O.OCC(CO)(CO)CO.[NH4+]. The van der Waals surface area contributed by atoms with Gasteiger partial charge in [-0.05, 0) is 0 Å². The van der Waals surface area contributed by atoms with E-state index < -0.39 is 39.7 Å². The van der Waals surface area contributed by atoms with Gasteiger partial charge in [-0.1, -0.05) is 0 Å². The molecule has 0 saturated heterocycles. The number of hydrogen-bond donors (Lipinski definition) is 7. The van der Waals surface area contributed by atoms with Crippen molar-refractivity contribution in [1.82, 2.24) is 6.15 Å². The highest BCUT2D eigenvalue weighted by Crippen LogP contribution is 2.18. The third-order valence-electron chi connectivity index (χ3n) is 1.34. The number of quaternary nitrogens is 1. The maximum atomic E-state index is 8.77. The summed E-state index contributed by atoms with van der Waals surface area (Å²) in [5.41, 5.74) is -1.11. The summed E-state index contributed by atoms with van der Waals surface area (Å²) >= 11 is 0. The maximum absolute atomic E-state index is 8.77. The molecule has 0 rings (SSSR count). The van der Waals surface area contributed by atoms with Crippen LogP contribution in [0.25, 0.3) is 0 Å². The van der Waals surface area contributed by atoms with Crippen LogP contribution in [-0.2, 0) is 4.57 Å². The number of aliphatic hydroxyl groups is 4. The molecule has 0 aromatic carbocycles. The quantitative estimate of drug-likeness (QED) is 0.252. The summed E-state index contributed by atoms with van der Waals surface area (Å²) in [6.45, 7) is -1.62. The fourth-order valence-corrected chi connectivity index (χ4v) is 0.300. The fraction of sp³-hybridized carbons (Fsp3) is 1.00. The van der Waals surface area contributed by atoms with Gasteiger partial charge in [-0.15, -0.1) is 0 Å². The first kappa shape index (κ1) is 20.3. The lowest BCUT2D eigenvalue weighted by atomic mass is 9.93. The number of hydrogen-bond acceptors (Lipinski definition) is 6. The molecule has 96 valence electrons. The molecule has 0 aromatic rings. The van der Waals surface area contributed by atoms with Gasteiger partial charge in [-0.25, -0.2) is 0 Å². The van der Waals surface area contributed by atoms with Crippen molar-refractivity contribution in [3.05, 3.63) is 0 Å². The van der Waals surface area contributed by atoms with Gasteiger partial charge in [-0.2, -0.15) is 0 Å². The smallest absolute Gasteiger partial charge is 0.262 e. The first-order valence-electron chi connectivity index (χ1n) is 3.44. The Balaban J connectivity index is -0.000000208. The monoisotopic (exact) mass is 251 g/mol. The lowest BCUT2D eigenvalue weighted by Crippen LogP contribution is -2.37. The minimum absolute atomic E-state index is 0. The molecule has 10 heteroatoms. The molecule has 0 aliphatic rings. The Morgan fingerprint density at radius 1 is 0.933 bits per heavy atom. The predicted molar refractivity (Wildman–Crippen MR) is 48.8 cm³/mol. The summed E-state index contributed by atoms with van der Waals surface area (Å²) in [7, 11) is -4.89. The van der Waals surface area contributed by atoms with Gasteiger partial charge in [0.05, 0.1) is 31.8 Å². The van der Waals surface area contributed by atoms with E-state index in [9.17, 15) is 0 Å². The topological polar surface area (TPSA) is 198 Å². The molecule has 0 bridgehead atoms. The zero-order valence-corrected chi connectivity index (χ0v) is 9.17. The summed E-state index contributed by atoms with van der Waals surface area (Å²) in [4.78, 5) is 22.9. The zero-order chi connectivity index (χ0) is 11.8. The molecule has 0 radical (unpaired) electrons. The molecule has 0 aromatic heterocycles. The lowest BCUT2D eigenvalue weighted by Gasteiger charge is -2.23. The Bertz CT molecular complexity index is 152. The highest BCUT2D eigenvalue weighted by atomic mass is 31.2. The molecule has 9 nitrogen and oxygen atoms in total. The maximum Gasteiger partial charge on any atom is 0.262 e. The largest absolute Gasteiger partial charge is 0.756 e. The second-order valence-electron chi connectivity index (χ2n) is 2.62. The highest BCUT2D eigenvalue weighted by molar-refractivity contribution is 7.43. The average molecular weight is 251 g/mol. The van der Waals surface area contributed by atoms with E-state index in [4.69, 9.17) is 39.7 Å². The van der Waals surface area contributed by atoms with Gasteiger partial charge >= 0.3 is 0 Å². The van der Waals surface area contributed by atoms with Crippen molar-refractivity contribution in [1.29, 1.82) is 0 Å². The van der Waals surface area contributed by atoms with Crippen LogP contribution in [0.4, 0.5) is 0 Å². The zero-order valence-electron chi connectivity index (χ0n) is 8.28. The Morgan fingerprint density at radius 3 is 1.07 bits per heavy atom. The average Bonchev–Trinajstić information content (AvgIpc) is 2.07. The minimum Gasteiger partial charge on any atom is -0.756 e. The summed E-state index contributed by atoms with van der Waals surface area (Å²) in [6, 6.07) is 0. The summed E-state index contributed by atoms with van der Waals surface area (Å²) < 4.78 is 8.77. The second kappa shape index (κ2) is 9.16. The lowest BCUT2D eigenvalue weighted by molar-refractivity contribution is -0.214. The molecule has 0 atom stereocenters.